The molecule has 3 N–H and O–H groups in total. The number of benzene rings is 2. The van der Waals surface area contributed by atoms with E-state index < -0.39 is 5.92 Å². The number of Topliss-reactive ketones (excluding diaryl/α,β-unsaturated/α-hetero) is 1. The van der Waals surface area contributed by atoms with Crippen LogP contribution in [0.1, 0.15) is 21.8 Å². The number of carbonyl (C=O) groups excluding carboxylic acids is 1. The van der Waals surface area contributed by atoms with Gasteiger partial charge < -0.3 is 10.5 Å². The normalized spacial score (nSPS) is 11.7. The number of ether oxygens (including phenoxy) is 1. The Bertz CT molecular complexity index is 606. The van der Waals surface area contributed by atoms with E-state index in [2.05, 4.69) is 0 Å². The second-order valence-electron chi connectivity index (χ2n) is 4.39. The lowest BCUT2D eigenvalue weighted by molar-refractivity contribution is 0.0982. The molecule has 1 unspecified atom stereocenters. The first-order chi connectivity index (χ1) is 9.63. The summed E-state index contributed by atoms with van der Waals surface area (Å²) in [5.74, 6) is -0.409. The minimum atomic E-state index is -0.746. The van der Waals surface area contributed by atoms with Crippen molar-refractivity contribution in [2.75, 3.05) is 7.11 Å². The summed E-state index contributed by atoms with van der Waals surface area (Å²) in [5.41, 5.74) is 6.83. The predicted molar refractivity (Wildman–Crippen MR) is 78.4 cm³/mol. The summed E-state index contributed by atoms with van der Waals surface area (Å²) < 4.78 is 5.06. The number of carbonyl (C=O) groups is 1. The quantitative estimate of drug-likeness (QED) is 0.497. The van der Waals surface area contributed by atoms with E-state index in [1.54, 1.807) is 43.5 Å². The molecule has 0 heterocycles. The second kappa shape index (κ2) is 6.02. The lowest BCUT2D eigenvalue weighted by Crippen LogP contribution is -2.27. The number of hydrogen-bond donors (Lipinski definition) is 2. The first-order valence-electron chi connectivity index (χ1n) is 6.20. The van der Waals surface area contributed by atoms with E-state index in [4.69, 9.17) is 15.9 Å². The number of hydrogen-bond acceptors (Lipinski definition) is 3. The predicted octanol–water partition coefficient (Wildman–Crippen LogP) is 2.60. The van der Waals surface area contributed by atoms with E-state index in [0.717, 1.165) is 5.56 Å². The molecule has 20 heavy (non-hydrogen) atoms. The minimum Gasteiger partial charge on any atom is -0.497 e. The van der Waals surface area contributed by atoms with Crippen LogP contribution in [0.25, 0.3) is 0 Å². The minimum absolute atomic E-state index is 0.156. The van der Waals surface area contributed by atoms with E-state index in [0.29, 0.717) is 11.3 Å². The molecule has 0 bridgehead atoms. The van der Waals surface area contributed by atoms with Gasteiger partial charge in [-0.1, -0.05) is 30.3 Å². The smallest absolute Gasteiger partial charge is 0.177 e. The van der Waals surface area contributed by atoms with Crippen LogP contribution in [0.5, 0.6) is 5.75 Å². The van der Waals surface area contributed by atoms with Crippen LogP contribution in [-0.2, 0) is 0 Å². The van der Waals surface area contributed by atoms with Crippen molar-refractivity contribution in [3.63, 3.8) is 0 Å². The number of ketones is 1. The van der Waals surface area contributed by atoms with Crippen LogP contribution in [0.2, 0.25) is 0 Å². The average molecular weight is 268 g/mol. The molecule has 0 aliphatic heterocycles. The SMILES string of the molecule is COc1ccc(C(=O)C(C(=N)N)c2ccccc2)cc1. The van der Waals surface area contributed by atoms with Crippen LogP contribution in [0.3, 0.4) is 0 Å². The van der Waals surface area contributed by atoms with Gasteiger partial charge in [0.05, 0.1) is 7.11 Å². The molecule has 2 aromatic carbocycles. The van der Waals surface area contributed by atoms with E-state index >= 15 is 0 Å². The maximum atomic E-state index is 12.5. The molecule has 4 nitrogen and oxygen atoms in total. The van der Waals surface area contributed by atoms with E-state index in [9.17, 15) is 4.79 Å². The second-order valence-corrected chi connectivity index (χ2v) is 4.39. The summed E-state index contributed by atoms with van der Waals surface area (Å²) in [6.45, 7) is 0. The highest BCUT2D eigenvalue weighted by atomic mass is 16.5. The average Bonchev–Trinajstić information content (AvgIpc) is 2.48. The zero-order valence-corrected chi connectivity index (χ0v) is 11.2. The van der Waals surface area contributed by atoms with E-state index in [-0.39, 0.29) is 11.6 Å². The van der Waals surface area contributed by atoms with Gasteiger partial charge in [-0.25, -0.2) is 0 Å². The zero-order chi connectivity index (χ0) is 14.5. The fourth-order valence-electron chi connectivity index (χ4n) is 2.04. The lowest BCUT2D eigenvalue weighted by atomic mass is 9.90. The van der Waals surface area contributed by atoms with Crippen LogP contribution in [0.15, 0.2) is 54.6 Å². The topological polar surface area (TPSA) is 76.2 Å². The largest absolute Gasteiger partial charge is 0.497 e. The third-order valence-corrected chi connectivity index (χ3v) is 3.08. The molecule has 102 valence electrons. The number of amidine groups is 1. The van der Waals surface area contributed by atoms with Crippen molar-refractivity contribution in [3.8, 4) is 5.75 Å². The highest BCUT2D eigenvalue weighted by molar-refractivity contribution is 6.14. The van der Waals surface area contributed by atoms with E-state index in [1.165, 1.54) is 0 Å². The zero-order valence-electron chi connectivity index (χ0n) is 11.2. The van der Waals surface area contributed by atoms with Gasteiger partial charge in [-0.15, -0.1) is 0 Å². The van der Waals surface area contributed by atoms with Gasteiger partial charge in [-0.2, -0.15) is 0 Å². The number of methoxy groups -OCH3 is 1. The Kier molecular flexibility index (Phi) is 4.15. The van der Waals surface area contributed by atoms with Gasteiger partial charge in [-0.3, -0.25) is 10.2 Å². The van der Waals surface area contributed by atoms with Crippen LogP contribution in [0.4, 0.5) is 0 Å². The number of rotatable bonds is 5. The Morgan fingerprint density at radius 1 is 1.10 bits per heavy atom. The highest BCUT2D eigenvalue weighted by Gasteiger charge is 2.24. The molecule has 0 saturated carbocycles. The van der Waals surface area contributed by atoms with E-state index in [1.807, 2.05) is 18.2 Å². The fraction of sp³-hybridized carbons (Fsp3) is 0.125. The summed E-state index contributed by atoms with van der Waals surface area (Å²) in [7, 11) is 1.57. The molecule has 0 saturated heterocycles. The van der Waals surface area contributed by atoms with Crippen molar-refractivity contribution in [3.05, 3.63) is 65.7 Å². The molecule has 2 rings (SSSR count). The molecule has 0 aliphatic carbocycles. The van der Waals surface area contributed by atoms with Crippen molar-refractivity contribution in [2.24, 2.45) is 5.73 Å². The van der Waals surface area contributed by atoms with Crippen LogP contribution in [0, 0.1) is 5.41 Å². The van der Waals surface area contributed by atoms with Gasteiger partial charge in [0.2, 0.25) is 0 Å². The standard InChI is InChI=1S/C16H16N2O2/c1-20-13-9-7-12(8-10-13)15(19)14(16(17)18)11-5-3-2-4-6-11/h2-10,14H,1H3,(H3,17,18). The maximum absolute atomic E-state index is 12.5. The van der Waals surface area contributed by atoms with Crippen molar-refractivity contribution < 1.29 is 9.53 Å². The van der Waals surface area contributed by atoms with Crippen LogP contribution in [-0.4, -0.2) is 18.7 Å². The molecule has 0 radical (unpaired) electrons. The van der Waals surface area contributed by atoms with Crippen LogP contribution >= 0.6 is 0 Å². The molecule has 4 heteroatoms. The third-order valence-electron chi connectivity index (χ3n) is 3.08. The van der Waals surface area contributed by atoms with Crippen molar-refractivity contribution in [2.45, 2.75) is 5.92 Å². The Balaban J connectivity index is 2.34. The Morgan fingerprint density at radius 2 is 1.70 bits per heavy atom. The van der Waals surface area contributed by atoms with Crippen molar-refractivity contribution in [1.82, 2.24) is 0 Å². The summed E-state index contributed by atoms with van der Waals surface area (Å²) in [6, 6.07) is 15.9. The fourth-order valence-corrected chi connectivity index (χ4v) is 2.04. The molecular weight excluding hydrogens is 252 g/mol. The van der Waals surface area contributed by atoms with Gasteiger partial charge >= 0.3 is 0 Å². The summed E-state index contributed by atoms with van der Waals surface area (Å²) in [5, 5.41) is 7.68. The highest BCUT2D eigenvalue weighted by Crippen LogP contribution is 2.22. The Hall–Kier alpha value is -2.62. The van der Waals surface area contributed by atoms with Gasteiger partial charge in [0.1, 0.15) is 17.5 Å². The Morgan fingerprint density at radius 3 is 2.20 bits per heavy atom. The number of nitrogens with one attached hydrogen (secondary N) is 1. The van der Waals surface area contributed by atoms with Crippen LogP contribution < -0.4 is 10.5 Å². The third kappa shape index (κ3) is 2.85. The molecular formula is C16H16N2O2. The lowest BCUT2D eigenvalue weighted by Gasteiger charge is -2.15. The summed E-state index contributed by atoms with van der Waals surface area (Å²) >= 11 is 0. The molecule has 0 fully saturated rings. The molecule has 1 atom stereocenters. The summed E-state index contributed by atoms with van der Waals surface area (Å²) in [6.07, 6.45) is 0. The molecule has 0 spiro atoms. The molecule has 0 aromatic heterocycles. The van der Waals surface area contributed by atoms with Crippen molar-refractivity contribution in [1.29, 1.82) is 5.41 Å². The van der Waals surface area contributed by atoms with Gasteiger partial charge in [0.25, 0.3) is 0 Å². The van der Waals surface area contributed by atoms with Gasteiger partial charge in [0.15, 0.2) is 5.78 Å². The van der Waals surface area contributed by atoms with Gasteiger partial charge in [-0.05, 0) is 29.8 Å². The molecule has 0 aliphatic rings. The Labute approximate surface area is 117 Å². The molecule has 2 aromatic rings. The monoisotopic (exact) mass is 268 g/mol. The van der Waals surface area contributed by atoms with Gasteiger partial charge in [0, 0.05) is 5.56 Å². The first kappa shape index (κ1) is 13.8. The first-order valence-corrected chi connectivity index (χ1v) is 6.20. The number of nitrogens with two attached hydrogens (primary N) is 1. The maximum Gasteiger partial charge on any atom is 0.177 e. The molecule has 0 amide bonds. The van der Waals surface area contributed by atoms with Crippen molar-refractivity contribution >= 4 is 11.6 Å². The summed E-state index contributed by atoms with van der Waals surface area (Å²) in [4.78, 5) is 12.5.